The minimum atomic E-state index is -1.50. The van der Waals surface area contributed by atoms with Gasteiger partial charge in [-0.1, -0.05) is 26.0 Å². The van der Waals surface area contributed by atoms with Crippen LogP contribution in [-0.2, 0) is 23.9 Å². The normalized spacial score (nSPS) is 16.0. The molecule has 1 aliphatic carbocycles. The van der Waals surface area contributed by atoms with Gasteiger partial charge in [0.05, 0.1) is 7.79 Å². The minimum Gasteiger partial charge on any atom is -0.465 e. The Morgan fingerprint density at radius 2 is 1.65 bits per heavy atom. The number of benzene rings is 2. The van der Waals surface area contributed by atoms with Crippen LogP contribution in [0.2, 0.25) is 0 Å². The molecule has 9 heteroatoms. The third-order valence-corrected chi connectivity index (χ3v) is 5.58. The van der Waals surface area contributed by atoms with E-state index in [1.54, 1.807) is 6.92 Å². The molecule has 2 aromatic rings. The third kappa shape index (κ3) is 6.63. The van der Waals surface area contributed by atoms with Crippen molar-refractivity contribution in [3.05, 3.63) is 47.5 Å². The standard InChI is InChI=1S/C25H32N3O5P/c1-3-9-32-14-24(30)28-16-6-8-18-17-7-5-15(27-23(29)4-2)10-19(17)21(20(18)11-16)13-33-25(31)12-22(26)34/h5-8,10-11,21-22H,3-4,9,12-14,26,34H2,1-2H3,(H,27,29)(H,28,30)/i22D. The van der Waals surface area contributed by atoms with Gasteiger partial charge in [0.2, 0.25) is 11.8 Å². The fourth-order valence-corrected chi connectivity index (χ4v) is 4.01. The van der Waals surface area contributed by atoms with Gasteiger partial charge in [0.1, 0.15) is 13.2 Å². The summed E-state index contributed by atoms with van der Waals surface area (Å²) in [6, 6.07) is 11.2. The zero-order valence-corrected chi connectivity index (χ0v) is 20.6. The van der Waals surface area contributed by atoms with Crippen LogP contribution < -0.4 is 16.4 Å². The monoisotopic (exact) mass is 486 g/mol. The lowest BCUT2D eigenvalue weighted by Crippen LogP contribution is -2.20. The van der Waals surface area contributed by atoms with E-state index in [9.17, 15) is 14.4 Å². The van der Waals surface area contributed by atoms with Crippen LogP contribution in [0.1, 0.15) is 51.5 Å². The van der Waals surface area contributed by atoms with Crippen LogP contribution in [0.25, 0.3) is 11.1 Å². The van der Waals surface area contributed by atoms with E-state index in [0.29, 0.717) is 24.4 Å². The molecule has 3 unspecified atom stereocenters. The van der Waals surface area contributed by atoms with Gasteiger partial charge < -0.3 is 25.8 Å². The predicted molar refractivity (Wildman–Crippen MR) is 136 cm³/mol. The minimum absolute atomic E-state index is 0.0295. The average Bonchev–Trinajstić information content (AvgIpc) is 3.08. The van der Waals surface area contributed by atoms with Crippen molar-refractivity contribution < 1.29 is 25.2 Å². The molecule has 0 saturated heterocycles. The molecule has 2 aromatic carbocycles. The molecule has 0 radical (unpaired) electrons. The van der Waals surface area contributed by atoms with Gasteiger partial charge in [-0.3, -0.25) is 14.4 Å². The van der Waals surface area contributed by atoms with Crippen molar-refractivity contribution in [3.8, 4) is 11.1 Å². The second-order valence-electron chi connectivity index (χ2n) is 8.09. The topological polar surface area (TPSA) is 120 Å². The number of nitrogens with two attached hydrogens (primary N) is 1. The van der Waals surface area contributed by atoms with E-state index in [0.717, 1.165) is 28.7 Å². The number of amides is 2. The van der Waals surface area contributed by atoms with Crippen LogP contribution in [0, 0.1) is 0 Å². The number of fused-ring (bicyclic) bond motifs is 3. The smallest absolute Gasteiger partial charge is 0.307 e. The summed E-state index contributed by atoms with van der Waals surface area (Å²) in [7, 11) is 2.10. The quantitative estimate of drug-likeness (QED) is 0.254. The Hall–Kier alpha value is -2.80. The highest BCUT2D eigenvalue weighted by molar-refractivity contribution is 7.17. The molecule has 0 bridgehead atoms. The summed E-state index contributed by atoms with van der Waals surface area (Å²) in [4.78, 5) is 36.4. The molecular weight excluding hydrogens is 453 g/mol. The molecular formula is C25H32N3O5P. The highest BCUT2D eigenvalue weighted by Gasteiger charge is 2.31. The number of esters is 1. The van der Waals surface area contributed by atoms with Crippen LogP contribution in [0.5, 0.6) is 0 Å². The fraction of sp³-hybridized carbons (Fsp3) is 0.400. The first-order chi connectivity index (χ1) is 16.6. The van der Waals surface area contributed by atoms with Crippen LogP contribution in [0.15, 0.2) is 36.4 Å². The van der Waals surface area contributed by atoms with E-state index in [2.05, 4.69) is 19.9 Å². The molecule has 0 saturated carbocycles. The second-order valence-corrected chi connectivity index (χ2v) is 8.84. The molecule has 0 heterocycles. The predicted octanol–water partition coefficient (Wildman–Crippen LogP) is 3.61. The summed E-state index contributed by atoms with van der Waals surface area (Å²) in [5.74, 6) is -2.76. The number of carbonyl (C=O) groups excluding carboxylic acids is 3. The van der Waals surface area contributed by atoms with Crippen LogP contribution >= 0.6 is 9.24 Å². The maximum atomic E-state index is 12.3. The summed E-state index contributed by atoms with van der Waals surface area (Å²) in [6.45, 7) is 4.26. The Morgan fingerprint density at radius 1 is 1.06 bits per heavy atom. The molecule has 4 N–H and O–H groups in total. The van der Waals surface area contributed by atoms with Gasteiger partial charge in [-0.2, -0.15) is 0 Å². The van der Waals surface area contributed by atoms with Crippen molar-refractivity contribution in [2.75, 3.05) is 30.5 Å². The Bertz CT molecular complexity index is 1100. The number of rotatable bonds is 11. The molecule has 0 fully saturated rings. The Kier molecular flexibility index (Phi) is 8.63. The maximum absolute atomic E-state index is 12.3. The molecule has 8 nitrogen and oxygen atoms in total. The van der Waals surface area contributed by atoms with Gasteiger partial charge in [0, 0.05) is 36.1 Å². The zero-order chi connectivity index (χ0) is 25.6. The molecule has 3 atom stereocenters. The van der Waals surface area contributed by atoms with Gasteiger partial charge in [-0.15, -0.1) is 9.24 Å². The lowest BCUT2D eigenvalue weighted by molar-refractivity contribution is -0.143. The lowest BCUT2D eigenvalue weighted by atomic mass is 9.97. The summed E-state index contributed by atoms with van der Waals surface area (Å²) in [6.07, 6.45) is 0.907. The third-order valence-electron chi connectivity index (χ3n) is 5.37. The van der Waals surface area contributed by atoms with Gasteiger partial charge in [-0.05, 0) is 52.9 Å². The molecule has 2 amide bonds. The van der Waals surface area contributed by atoms with E-state index in [-0.39, 0.29) is 37.4 Å². The van der Waals surface area contributed by atoms with E-state index in [4.69, 9.17) is 16.6 Å². The van der Waals surface area contributed by atoms with Gasteiger partial charge in [0.25, 0.3) is 0 Å². The summed E-state index contributed by atoms with van der Waals surface area (Å²) in [5, 5.41) is 5.71. The van der Waals surface area contributed by atoms with E-state index in [1.807, 2.05) is 43.3 Å². The van der Waals surface area contributed by atoms with Gasteiger partial charge in [-0.25, -0.2) is 0 Å². The van der Waals surface area contributed by atoms with Crippen molar-refractivity contribution in [2.24, 2.45) is 5.73 Å². The number of carbonyl (C=O) groups is 3. The molecule has 3 rings (SSSR count). The average molecular weight is 487 g/mol. The molecule has 182 valence electrons. The van der Waals surface area contributed by atoms with Crippen molar-refractivity contribution >= 4 is 38.4 Å². The first-order valence-corrected chi connectivity index (χ1v) is 11.9. The van der Waals surface area contributed by atoms with Crippen LogP contribution in [0.3, 0.4) is 0 Å². The summed E-state index contributed by atoms with van der Waals surface area (Å²) < 4.78 is 18.5. The number of hydrogen-bond donors (Lipinski definition) is 3. The first kappa shape index (κ1) is 24.3. The second kappa shape index (κ2) is 12.1. The highest BCUT2D eigenvalue weighted by Crippen LogP contribution is 2.46. The van der Waals surface area contributed by atoms with Crippen molar-refractivity contribution in [2.45, 2.75) is 44.8 Å². The number of nitrogens with one attached hydrogen (secondary N) is 2. The Balaban J connectivity index is 1.88. The fourth-order valence-electron chi connectivity index (χ4n) is 3.84. The maximum Gasteiger partial charge on any atom is 0.307 e. The molecule has 1 aliphatic rings. The van der Waals surface area contributed by atoms with Gasteiger partial charge in [0.15, 0.2) is 0 Å². The SMILES string of the molecule is [2H]C(N)(P)CC(=O)OCC1c2cc(NC(=O)CC)ccc2-c2ccc(NC(=O)COCCC)cc21. The van der Waals surface area contributed by atoms with E-state index in [1.165, 1.54) is 0 Å². The zero-order valence-electron chi connectivity index (χ0n) is 20.5. The van der Waals surface area contributed by atoms with Crippen molar-refractivity contribution in [1.82, 2.24) is 0 Å². The van der Waals surface area contributed by atoms with Crippen LogP contribution in [-0.4, -0.2) is 43.4 Å². The number of ether oxygens (including phenoxy) is 2. The van der Waals surface area contributed by atoms with Gasteiger partial charge >= 0.3 is 5.97 Å². The Labute approximate surface area is 203 Å². The lowest BCUT2D eigenvalue weighted by Gasteiger charge is -2.16. The number of hydrogen-bond acceptors (Lipinski definition) is 6. The highest BCUT2D eigenvalue weighted by atomic mass is 31.0. The summed E-state index contributed by atoms with van der Waals surface area (Å²) in [5.41, 5.74) is 10.5. The van der Waals surface area contributed by atoms with E-state index >= 15 is 0 Å². The van der Waals surface area contributed by atoms with Crippen LogP contribution in [0.4, 0.5) is 11.4 Å². The van der Waals surface area contributed by atoms with E-state index < -0.39 is 11.7 Å². The Morgan fingerprint density at radius 3 is 2.18 bits per heavy atom. The van der Waals surface area contributed by atoms with Crippen molar-refractivity contribution in [1.29, 1.82) is 0 Å². The molecule has 0 aromatic heterocycles. The summed E-state index contributed by atoms with van der Waals surface area (Å²) >= 11 is 0. The molecule has 0 aliphatic heterocycles. The van der Waals surface area contributed by atoms with Crippen molar-refractivity contribution in [3.63, 3.8) is 0 Å². The molecule has 0 spiro atoms. The largest absolute Gasteiger partial charge is 0.465 e. The first-order valence-electron chi connectivity index (χ1n) is 11.8. The molecule has 34 heavy (non-hydrogen) atoms. The number of anilines is 2.